The van der Waals surface area contributed by atoms with Crippen LogP contribution in [0, 0.1) is 0 Å². The molecule has 1 heterocycles. The minimum absolute atomic E-state index is 0.641. The molecule has 0 spiro atoms. The van der Waals surface area contributed by atoms with Crippen LogP contribution in [-0.2, 0) is 4.79 Å². The lowest BCUT2D eigenvalue weighted by atomic mass is 10.2. The van der Waals surface area contributed by atoms with Crippen LogP contribution >= 0.6 is 0 Å². The second-order valence-electron chi connectivity index (χ2n) is 4.95. The zero-order valence-corrected chi connectivity index (χ0v) is 11.1. The van der Waals surface area contributed by atoms with Gasteiger partial charge in [-0.3, -0.25) is 4.90 Å². The minimum Gasteiger partial charge on any atom is -0.478 e. The molecule has 1 saturated heterocycles. The Labute approximate surface area is 104 Å². The van der Waals surface area contributed by atoms with Gasteiger partial charge in [-0.2, -0.15) is 0 Å². The summed E-state index contributed by atoms with van der Waals surface area (Å²) >= 11 is 0. The number of carboxylic acids is 1. The lowest BCUT2D eigenvalue weighted by Gasteiger charge is -2.27. The number of likely N-dealkylation sites (N-methyl/N-ethyl adjacent to an activating group) is 2. The van der Waals surface area contributed by atoms with Gasteiger partial charge < -0.3 is 10.0 Å². The van der Waals surface area contributed by atoms with Crippen molar-refractivity contribution in [3.05, 3.63) is 11.6 Å². The highest BCUT2D eigenvalue weighted by atomic mass is 16.4. The van der Waals surface area contributed by atoms with E-state index >= 15 is 0 Å². The molecule has 0 aromatic carbocycles. The number of nitrogens with zero attached hydrogens (tertiary/aromatic N) is 2. The maximum Gasteiger partial charge on any atom is 0.328 e. The Kier molecular flexibility index (Phi) is 5.65. The average Bonchev–Trinajstić information content (AvgIpc) is 2.63. The van der Waals surface area contributed by atoms with Crippen molar-refractivity contribution >= 4 is 5.97 Å². The van der Waals surface area contributed by atoms with Crippen LogP contribution in [0.2, 0.25) is 0 Å². The fraction of sp³-hybridized carbons (Fsp3) is 0.769. The third kappa shape index (κ3) is 4.88. The molecule has 0 radical (unpaired) electrons. The van der Waals surface area contributed by atoms with Gasteiger partial charge in [0.2, 0.25) is 0 Å². The summed E-state index contributed by atoms with van der Waals surface area (Å²) in [6, 6.07) is 0.641. The molecule has 0 saturated carbocycles. The number of carbonyl (C=O) groups is 1. The van der Waals surface area contributed by atoms with E-state index in [1.165, 1.54) is 25.5 Å². The van der Waals surface area contributed by atoms with Crippen molar-refractivity contribution in [1.29, 1.82) is 0 Å². The molecule has 1 atom stereocenters. The number of carboxylic acid groups (broad SMARTS) is 1. The van der Waals surface area contributed by atoms with Gasteiger partial charge in [0.05, 0.1) is 0 Å². The van der Waals surface area contributed by atoms with E-state index in [4.69, 9.17) is 5.11 Å². The summed E-state index contributed by atoms with van der Waals surface area (Å²) in [4.78, 5) is 15.3. The van der Waals surface area contributed by atoms with Gasteiger partial charge >= 0.3 is 5.97 Å². The van der Waals surface area contributed by atoms with Crippen LogP contribution in [0.4, 0.5) is 0 Å². The first-order valence-corrected chi connectivity index (χ1v) is 6.35. The lowest BCUT2D eigenvalue weighted by Crippen LogP contribution is -2.39. The summed E-state index contributed by atoms with van der Waals surface area (Å²) in [5.74, 6) is -0.855. The van der Waals surface area contributed by atoms with E-state index in [9.17, 15) is 4.79 Å². The zero-order valence-electron chi connectivity index (χ0n) is 11.1. The summed E-state index contributed by atoms with van der Waals surface area (Å²) in [6.07, 6.45) is 3.85. The summed E-state index contributed by atoms with van der Waals surface area (Å²) in [7, 11) is 2.06. The van der Waals surface area contributed by atoms with E-state index in [0.717, 1.165) is 25.2 Å². The molecule has 4 heteroatoms. The molecule has 1 fully saturated rings. The number of hydrogen-bond donors (Lipinski definition) is 1. The molecule has 1 aliphatic heterocycles. The van der Waals surface area contributed by atoms with E-state index in [-0.39, 0.29) is 0 Å². The Hall–Kier alpha value is -0.870. The highest BCUT2D eigenvalue weighted by molar-refractivity contribution is 5.80. The molecule has 0 aromatic rings. The normalized spacial score (nSPS) is 22.4. The third-order valence-electron chi connectivity index (χ3n) is 3.32. The van der Waals surface area contributed by atoms with Crippen molar-refractivity contribution < 1.29 is 9.90 Å². The fourth-order valence-electron chi connectivity index (χ4n) is 2.62. The molecule has 4 nitrogen and oxygen atoms in total. The maximum absolute atomic E-state index is 10.5. The molecule has 1 rings (SSSR count). The number of likely N-dealkylation sites (tertiary alicyclic amines) is 1. The molecule has 17 heavy (non-hydrogen) atoms. The van der Waals surface area contributed by atoms with Gasteiger partial charge in [0.25, 0.3) is 0 Å². The van der Waals surface area contributed by atoms with E-state index in [2.05, 4.69) is 23.8 Å². The van der Waals surface area contributed by atoms with Crippen LogP contribution in [0.5, 0.6) is 0 Å². The van der Waals surface area contributed by atoms with Crippen LogP contribution in [0.25, 0.3) is 0 Å². The van der Waals surface area contributed by atoms with Gasteiger partial charge in [0, 0.05) is 25.2 Å². The first-order valence-electron chi connectivity index (χ1n) is 6.35. The topological polar surface area (TPSA) is 43.8 Å². The van der Waals surface area contributed by atoms with Crippen molar-refractivity contribution in [2.75, 3.05) is 33.2 Å². The molecule has 1 N–H and O–H groups in total. The van der Waals surface area contributed by atoms with Crippen molar-refractivity contribution in [2.24, 2.45) is 0 Å². The molecule has 1 unspecified atom stereocenters. The Morgan fingerprint density at radius 2 is 2.29 bits per heavy atom. The standard InChI is InChI=1S/C13H24N2O2/c1-4-15-7-5-6-12(15)10-14(3)9-11(2)8-13(16)17/h8,12H,4-7,9-10H2,1-3H3,(H,16,17). The molecule has 0 amide bonds. The second kappa shape index (κ2) is 6.77. The highest BCUT2D eigenvalue weighted by Crippen LogP contribution is 2.17. The third-order valence-corrected chi connectivity index (χ3v) is 3.32. The van der Waals surface area contributed by atoms with Crippen LogP contribution in [0.1, 0.15) is 26.7 Å². The first kappa shape index (κ1) is 14.2. The van der Waals surface area contributed by atoms with Gasteiger partial charge in [-0.15, -0.1) is 0 Å². The van der Waals surface area contributed by atoms with Gasteiger partial charge in [-0.25, -0.2) is 4.79 Å². The predicted molar refractivity (Wildman–Crippen MR) is 69.2 cm³/mol. The SMILES string of the molecule is CCN1CCCC1CN(C)CC(C)=CC(=O)O. The zero-order chi connectivity index (χ0) is 12.8. The Morgan fingerprint density at radius 3 is 2.88 bits per heavy atom. The van der Waals surface area contributed by atoms with Crippen molar-refractivity contribution in [1.82, 2.24) is 9.80 Å². The summed E-state index contributed by atoms with van der Waals surface area (Å²) in [5, 5.41) is 8.66. The summed E-state index contributed by atoms with van der Waals surface area (Å²) < 4.78 is 0. The maximum atomic E-state index is 10.5. The van der Waals surface area contributed by atoms with Crippen LogP contribution in [-0.4, -0.2) is 60.1 Å². The monoisotopic (exact) mass is 240 g/mol. The predicted octanol–water partition coefficient (Wildman–Crippen LogP) is 1.43. The van der Waals surface area contributed by atoms with Crippen LogP contribution in [0.15, 0.2) is 11.6 Å². The van der Waals surface area contributed by atoms with E-state index in [1.807, 2.05) is 6.92 Å². The lowest BCUT2D eigenvalue weighted by molar-refractivity contribution is -0.131. The Bertz CT molecular complexity index is 289. The van der Waals surface area contributed by atoms with Crippen molar-refractivity contribution in [3.63, 3.8) is 0 Å². The molecule has 0 aliphatic carbocycles. The van der Waals surface area contributed by atoms with Gasteiger partial charge in [0.1, 0.15) is 0 Å². The molecule has 0 bridgehead atoms. The summed E-state index contributed by atoms with van der Waals surface area (Å²) in [5.41, 5.74) is 0.904. The molecule has 98 valence electrons. The minimum atomic E-state index is -0.855. The quantitative estimate of drug-likeness (QED) is 0.713. The smallest absolute Gasteiger partial charge is 0.328 e. The van der Waals surface area contributed by atoms with Crippen molar-refractivity contribution in [2.45, 2.75) is 32.7 Å². The van der Waals surface area contributed by atoms with Crippen LogP contribution in [0.3, 0.4) is 0 Å². The van der Waals surface area contributed by atoms with Crippen LogP contribution < -0.4 is 0 Å². The molecular weight excluding hydrogens is 216 g/mol. The fourth-order valence-corrected chi connectivity index (χ4v) is 2.62. The molecule has 1 aliphatic rings. The average molecular weight is 240 g/mol. The van der Waals surface area contributed by atoms with E-state index < -0.39 is 5.97 Å². The summed E-state index contributed by atoms with van der Waals surface area (Å²) in [6.45, 7) is 8.16. The Balaban J connectivity index is 2.38. The van der Waals surface area contributed by atoms with Gasteiger partial charge in [-0.1, -0.05) is 12.5 Å². The first-order chi connectivity index (χ1) is 8.02. The largest absolute Gasteiger partial charge is 0.478 e. The number of hydrogen-bond acceptors (Lipinski definition) is 3. The van der Waals surface area contributed by atoms with E-state index in [1.54, 1.807) is 0 Å². The van der Waals surface area contributed by atoms with Crippen molar-refractivity contribution in [3.8, 4) is 0 Å². The Morgan fingerprint density at radius 1 is 1.59 bits per heavy atom. The second-order valence-corrected chi connectivity index (χ2v) is 4.95. The van der Waals surface area contributed by atoms with E-state index in [0.29, 0.717) is 6.04 Å². The highest BCUT2D eigenvalue weighted by Gasteiger charge is 2.23. The molecule has 0 aromatic heterocycles. The number of aliphatic carboxylic acids is 1. The number of rotatable bonds is 6. The van der Waals surface area contributed by atoms with Gasteiger partial charge in [0.15, 0.2) is 0 Å². The molecular formula is C13H24N2O2. The van der Waals surface area contributed by atoms with Gasteiger partial charge in [-0.05, 0) is 39.9 Å².